The molecular weight excluding hydrogens is 216 g/mol. The van der Waals surface area contributed by atoms with Crippen molar-refractivity contribution >= 4 is 5.95 Å². The summed E-state index contributed by atoms with van der Waals surface area (Å²) in [5, 5.41) is 0. The Bertz CT molecular complexity index is 365. The highest BCUT2D eigenvalue weighted by Crippen LogP contribution is 2.19. The number of likely N-dealkylation sites (N-methyl/N-ethyl adjacent to an activating group) is 1. The zero-order valence-electron chi connectivity index (χ0n) is 11.3. The van der Waals surface area contributed by atoms with Gasteiger partial charge in [0.15, 0.2) is 0 Å². The largest absolute Gasteiger partial charge is 0.475 e. The van der Waals surface area contributed by atoms with Gasteiger partial charge in [0.1, 0.15) is 0 Å². The maximum atomic E-state index is 5.73. The molecule has 0 saturated heterocycles. The molecule has 5 nitrogen and oxygen atoms in total. The molecule has 0 bridgehead atoms. The molecule has 0 aliphatic rings. The molecule has 17 heavy (non-hydrogen) atoms. The first-order valence-corrected chi connectivity index (χ1v) is 5.80. The van der Waals surface area contributed by atoms with Crippen LogP contribution in [0.5, 0.6) is 5.88 Å². The van der Waals surface area contributed by atoms with Crippen molar-refractivity contribution in [1.29, 1.82) is 0 Å². The Morgan fingerprint density at radius 3 is 2.65 bits per heavy atom. The van der Waals surface area contributed by atoms with E-state index >= 15 is 0 Å². The molecule has 0 fully saturated rings. The fourth-order valence-corrected chi connectivity index (χ4v) is 1.21. The summed E-state index contributed by atoms with van der Waals surface area (Å²) in [6.45, 7) is 8.56. The van der Waals surface area contributed by atoms with Crippen LogP contribution in [-0.4, -0.2) is 35.2 Å². The first-order valence-electron chi connectivity index (χ1n) is 5.80. The molecule has 0 aliphatic heterocycles. The molecule has 0 radical (unpaired) electrons. The monoisotopic (exact) mass is 238 g/mol. The smallest absolute Gasteiger partial charge is 0.228 e. The molecule has 2 N–H and O–H groups in total. The van der Waals surface area contributed by atoms with E-state index in [0.29, 0.717) is 18.4 Å². The second-order valence-electron chi connectivity index (χ2n) is 4.94. The van der Waals surface area contributed by atoms with E-state index in [0.717, 1.165) is 0 Å². The minimum Gasteiger partial charge on any atom is -0.475 e. The third-order valence-corrected chi connectivity index (χ3v) is 2.68. The topological polar surface area (TPSA) is 64.3 Å². The van der Waals surface area contributed by atoms with Gasteiger partial charge in [-0.25, -0.2) is 4.98 Å². The van der Waals surface area contributed by atoms with Gasteiger partial charge in [0.05, 0.1) is 6.10 Å². The summed E-state index contributed by atoms with van der Waals surface area (Å²) in [7, 11) is 1.93. The van der Waals surface area contributed by atoms with Crippen LogP contribution in [0.3, 0.4) is 0 Å². The van der Waals surface area contributed by atoms with Crippen molar-refractivity contribution < 1.29 is 4.74 Å². The van der Waals surface area contributed by atoms with Crippen molar-refractivity contribution in [3.8, 4) is 5.88 Å². The predicted octanol–water partition coefficient (Wildman–Crippen LogP) is 1.44. The highest BCUT2D eigenvalue weighted by molar-refractivity contribution is 5.34. The Morgan fingerprint density at radius 1 is 1.47 bits per heavy atom. The van der Waals surface area contributed by atoms with E-state index < -0.39 is 0 Å². The van der Waals surface area contributed by atoms with Crippen LogP contribution < -0.4 is 15.4 Å². The molecule has 96 valence electrons. The van der Waals surface area contributed by atoms with Gasteiger partial charge in [0.2, 0.25) is 11.8 Å². The molecule has 1 rings (SSSR count). The van der Waals surface area contributed by atoms with Crippen LogP contribution in [-0.2, 0) is 0 Å². The summed E-state index contributed by atoms with van der Waals surface area (Å²) >= 11 is 0. The minimum atomic E-state index is -0.184. The lowest BCUT2D eigenvalue weighted by Gasteiger charge is -2.34. The van der Waals surface area contributed by atoms with E-state index in [4.69, 9.17) is 10.5 Å². The lowest BCUT2D eigenvalue weighted by molar-refractivity contribution is 0.232. The number of anilines is 1. The zero-order valence-corrected chi connectivity index (χ0v) is 11.3. The molecule has 0 aliphatic carbocycles. The van der Waals surface area contributed by atoms with Crippen molar-refractivity contribution in [2.75, 3.05) is 18.5 Å². The summed E-state index contributed by atoms with van der Waals surface area (Å²) in [6, 6.07) is 1.76. The molecule has 0 spiro atoms. The first-order chi connectivity index (χ1) is 7.86. The Kier molecular flexibility index (Phi) is 4.28. The molecule has 1 aromatic heterocycles. The van der Waals surface area contributed by atoms with Gasteiger partial charge >= 0.3 is 0 Å². The van der Waals surface area contributed by atoms with Crippen molar-refractivity contribution in [3.05, 3.63) is 12.3 Å². The predicted molar refractivity (Wildman–Crippen MR) is 69.3 cm³/mol. The van der Waals surface area contributed by atoms with Crippen LogP contribution in [0, 0.1) is 0 Å². The second kappa shape index (κ2) is 5.31. The molecule has 0 unspecified atom stereocenters. The van der Waals surface area contributed by atoms with Gasteiger partial charge < -0.3 is 15.4 Å². The van der Waals surface area contributed by atoms with Gasteiger partial charge in [-0.3, -0.25) is 0 Å². The average molecular weight is 238 g/mol. The summed E-state index contributed by atoms with van der Waals surface area (Å²) in [4.78, 5) is 10.6. The van der Waals surface area contributed by atoms with Crippen molar-refractivity contribution in [3.63, 3.8) is 0 Å². The van der Waals surface area contributed by atoms with Crippen LogP contribution in [0.2, 0.25) is 0 Å². The maximum Gasteiger partial charge on any atom is 0.228 e. The lowest BCUT2D eigenvalue weighted by atomic mass is 10.1. The molecular formula is C12H22N4O. The minimum absolute atomic E-state index is 0.102. The second-order valence-corrected chi connectivity index (χ2v) is 4.94. The number of nitrogens with zero attached hydrogens (tertiary/aromatic N) is 3. The molecule has 0 aromatic carbocycles. The van der Waals surface area contributed by atoms with Crippen molar-refractivity contribution in [1.82, 2.24) is 9.97 Å². The van der Waals surface area contributed by atoms with Gasteiger partial charge in [-0.2, -0.15) is 4.98 Å². The van der Waals surface area contributed by atoms with Gasteiger partial charge in [-0.1, -0.05) is 0 Å². The van der Waals surface area contributed by atoms with Crippen LogP contribution in [0.1, 0.15) is 27.7 Å². The molecule has 1 aromatic rings. The fraction of sp³-hybridized carbons (Fsp3) is 0.667. The van der Waals surface area contributed by atoms with Crippen LogP contribution in [0.15, 0.2) is 12.3 Å². The third kappa shape index (κ3) is 3.56. The van der Waals surface area contributed by atoms with E-state index in [1.165, 1.54) is 0 Å². The van der Waals surface area contributed by atoms with Gasteiger partial charge in [-0.05, 0) is 27.7 Å². The van der Waals surface area contributed by atoms with E-state index in [-0.39, 0.29) is 11.6 Å². The first kappa shape index (κ1) is 13.7. The summed E-state index contributed by atoms with van der Waals surface area (Å²) in [5.41, 5.74) is 5.55. The SMILES string of the molecule is CC(C)Oc1ccnc(N(C)C(C)(C)CN)n1. The normalized spacial score (nSPS) is 11.7. The Morgan fingerprint density at radius 2 is 2.12 bits per heavy atom. The Balaban J connectivity index is 2.91. The standard InChI is InChI=1S/C12H22N4O/c1-9(2)17-10-6-7-14-11(15-10)16(5)12(3,4)8-13/h6-7,9H,8,13H2,1-5H3. The van der Waals surface area contributed by atoms with Gasteiger partial charge in [0, 0.05) is 31.4 Å². The number of nitrogens with two attached hydrogens (primary N) is 1. The number of ether oxygens (including phenoxy) is 1. The molecule has 0 saturated carbocycles. The highest BCUT2D eigenvalue weighted by Gasteiger charge is 2.24. The van der Waals surface area contributed by atoms with Gasteiger partial charge in [-0.15, -0.1) is 0 Å². The molecule has 1 heterocycles. The van der Waals surface area contributed by atoms with Crippen LogP contribution >= 0.6 is 0 Å². The van der Waals surface area contributed by atoms with E-state index in [2.05, 4.69) is 9.97 Å². The number of rotatable bonds is 5. The van der Waals surface area contributed by atoms with Crippen molar-refractivity contribution in [2.24, 2.45) is 5.73 Å². The third-order valence-electron chi connectivity index (χ3n) is 2.68. The fourth-order valence-electron chi connectivity index (χ4n) is 1.21. The summed E-state index contributed by atoms with van der Waals surface area (Å²) < 4.78 is 5.54. The summed E-state index contributed by atoms with van der Waals surface area (Å²) in [6.07, 6.45) is 1.80. The highest BCUT2D eigenvalue weighted by atomic mass is 16.5. The Labute approximate surface area is 103 Å². The van der Waals surface area contributed by atoms with Crippen molar-refractivity contribution in [2.45, 2.75) is 39.3 Å². The zero-order chi connectivity index (χ0) is 13.1. The molecule has 0 amide bonds. The summed E-state index contributed by atoms with van der Waals surface area (Å²) in [5.74, 6) is 1.21. The van der Waals surface area contributed by atoms with Crippen LogP contribution in [0.4, 0.5) is 5.95 Å². The van der Waals surface area contributed by atoms with Crippen LogP contribution in [0.25, 0.3) is 0 Å². The quantitative estimate of drug-likeness (QED) is 0.841. The number of hydrogen-bond acceptors (Lipinski definition) is 5. The van der Waals surface area contributed by atoms with E-state index in [1.54, 1.807) is 12.3 Å². The number of aromatic nitrogens is 2. The van der Waals surface area contributed by atoms with Gasteiger partial charge in [0.25, 0.3) is 0 Å². The number of hydrogen-bond donors (Lipinski definition) is 1. The average Bonchev–Trinajstić information content (AvgIpc) is 2.27. The Hall–Kier alpha value is -1.36. The van der Waals surface area contributed by atoms with E-state index in [1.807, 2.05) is 39.6 Å². The maximum absolute atomic E-state index is 5.73. The molecule has 0 atom stereocenters. The van der Waals surface area contributed by atoms with E-state index in [9.17, 15) is 0 Å². The molecule has 5 heteroatoms. The lowest BCUT2D eigenvalue weighted by Crippen LogP contribution is -2.48.